The average molecular weight is 321 g/mol. The molecule has 22 heavy (non-hydrogen) atoms. The molecule has 0 N–H and O–H groups in total. The Balaban J connectivity index is 2.52. The summed E-state index contributed by atoms with van der Waals surface area (Å²) in [4.78, 5) is 14.1. The van der Waals surface area contributed by atoms with Crippen LogP contribution in [0.15, 0.2) is 47.6 Å². The lowest BCUT2D eigenvalue weighted by Crippen LogP contribution is -2.31. The molecule has 0 saturated heterocycles. The average Bonchev–Trinajstić information content (AvgIpc) is 2.48. The minimum atomic E-state index is -3.79. The molecule has 0 saturated carbocycles. The van der Waals surface area contributed by atoms with Gasteiger partial charge in [-0.05, 0) is 37.6 Å². The Kier molecular flexibility index (Phi) is 4.41. The van der Waals surface area contributed by atoms with Crippen LogP contribution in [0.25, 0.3) is 0 Å². The second kappa shape index (κ2) is 6.10. The molecule has 0 amide bonds. The minimum Gasteiger partial charge on any atom is -0.266 e. The molecule has 0 atom stereocenters. The van der Waals surface area contributed by atoms with Gasteiger partial charge in [0.15, 0.2) is 0 Å². The van der Waals surface area contributed by atoms with Crippen molar-refractivity contribution in [1.82, 2.24) is 4.98 Å². The number of hydrogen-bond acceptors (Lipinski definition) is 5. The normalized spacial score (nSPS) is 11.2. The summed E-state index contributed by atoms with van der Waals surface area (Å²) in [5, 5.41) is 10.8. The van der Waals surface area contributed by atoms with Crippen LogP contribution in [0.1, 0.15) is 12.5 Å². The lowest BCUT2D eigenvalue weighted by Gasteiger charge is -2.23. The number of pyridine rings is 1. The largest absolute Gasteiger partial charge is 0.269 e. The van der Waals surface area contributed by atoms with Gasteiger partial charge in [0.25, 0.3) is 15.7 Å². The Morgan fingerprint density at radius 3 is 2.36 bits per heavy atom. The zero-order valence-electron chi connectivity index (χ0n) is 12.1. The summed E-state index contributed by atoms with van der Waals surface area (Å²) in [5.74, 6) is 0. The summed E-state index contributed by atoms with van der Waals surface area (Å²) < 4.78 is 26.8. The first-order chi connectivity index (χ1) is 10.4. The summed E-state index contributed by atoms with van der Waals surface area (Å²) in [7, 11) is -3.79. The highest BCUT2D eigenvalue weighted by atomic mass is 32.2. The lowest BCUT2D eigenvalue weighted by atomic mass is 10.2. The van der Waals surface area contributed by atoms with Crippen molar-refractivity contribution < 1.29 is 13.3 Å². The van der Waals surface area contributed by atoms with Gasteiger partial charge >= 0.3 is 0 Å². The van der Waals surface area contributed by atoms with Crippen LogP contribution >= 0.6 is 0 Å². The molecule has 1 aromatic carbocycles. The van der Waals surface area contributed by atoms with Crippen LogP contribution in [0.5, 0.6) is 0 Å². The van der Waals surface area contributed by atoms with E-state index >= 15 is 0 Å². The Labute approximate surface area is 128 Å². The monoisotopic (exact) mass is 321 g/mol. The van der Waals surface area contributed by atoms with Gasteiger partial charge in [-0.1, -0.05) is 0 Å². The molecule has 1 heterocycles. The molecular formula is C14H15N3O4S. The van der Waals surface area contributed by atoms with Crippen LogP contribution in [0, 0.1) is 17.0 Å². The fraction of sp³-hybridized carbons (Fsp3) is 0.214. The van der Waals surface area contributed by atoms with E-state index < -0.39 is 14.9 Å². The first-order valence-electron chi connectivity index (χ1n) is 6.55. The van der Waals surface area contributed by atoms with Gasteiger partial charge in [-0.15, -0.1) is 0 Å². The van der Waals surface area contributed by atoms with Crippen molar-refractivity contribution >= 4 is 21.4 Å². The number of non-ortho nitro benzene ring substituents is 1. The molecule has 0 aliphatic heterocycles. The van der Waals surface area contributed by atoms with Crippen molar-refractivity contribution in [2.24, 2.45) is 0 Å². The van der Waals surface area contributed by atoms with Crippen molar-refractivity contribution in [2.75, 3.05) is 10.8 Å². The van der Waals surface area contributed by atoms with Crippen molar-refractivity contribution in [3.8, 4) is 0 Å². The number of rotatable bonds is 5. The van der Waals surface area contributed by atoms with Crippen molar-refractivity contribution in [3.63, 3.8) is 0 Å². The second-order valence-electron chi connectivity index (χ2n) is 4.58. The number of anilines is 1. The van der Waals surface area contributed by atoms with Gasteiger partial charge in [0.2, 0.25) is 0 Å². The molecule has 8 heteroatoms. The van der Waals surface area contributed by atoms with Crippen molar-refractivity contribution in [2.45, 2.75) is 18.7 Å². The van der Waals surface area contributed by atoms with Gasteiger partial charge in [0, 0.05) is 31.1 Å². The zero-order chi connectivity index (χ0) is 16.3. The van der Waals surface area contributed by atoms with Gasteiger partial charge in [0.05, 0.1) is 15.5 Å². The number of aromatic nitrogens is 1. The van der Waals surface area contributed by atoms with Crippen LogP contribution in [0.2, 0.25) is 0 Å². The maximum atomic E-state index is 12.8. The van der Waals surface area contributed by atoms with E-state index in [4.69, 9.17) is 0 Å². The number of hydrogen-bond donors (Lipinski definition) is 0. The molecule has 0 spiro atoms. The van der Waals surface area contributed by atoms with Crippen LogP contribution in [0.4, 0.5) is 11.4 Å². The first-order valence-corrected chi connectivity index (χ1v) is 7.99. The SMILES string of the molecule is CCN(c1ccncc1)S(=O)(=O)c1ccc([N+](=O)[O-])cc1C. The summed E-state index contributed by atoms with van der Waals surface area (Å²) >= 11 is 0. The first kappa shape index (κ1) is 15.9. The van der Waals surface area contributed by atoms with Crippen LogP contribution in [-0.2, 0) is 10.0 Å². The number of nitro groups is 1. The Hall–Kier alpha value is -2.48. The summed E-state index contributed by atoms with van der Waals surface area (Å²) in [6.07, 6.45) is 3.02. The maximum absolute atomic E-state index is 12.8. The third-order valence-corrected chi connectivity index (χ3v) is 5.24. The molecule has 0 unspecified atom stereocenters. The molecule has 7 nitrogen and oxygen atoms in total. The highest BCUT2D eigenvalue weighted by molar-refractivity contribution is 7.92. The number of nitrogens with zero attached hydrogens (tertiary/aromatic N) is 3. The highest BCUT2D eigenvalue weighted by Gasteiger charge is 2.26. The zero-order valence-corrected chi connectivity index (χ0v) is 12.9. The molecule has 1 aromatic heterocycles. The van der Waals surface area contributed by atoms with E-state index in [1.54, 1.807) is 26.0 Å². The molecule has 0 aliphatic rings. The smallest absolute Gasteiger partial charge is 0.266 e. The topological polar surface area (TPSA) is 93.4 Å². The van der Waals surface area contributed by atoms with E-state index in [9.17, 15) is 18.5 Å². The van der Waals surface area contributed by atoms with Gasteiger partial charge in [-0.25, -0.2) is 8.42 Å². The molecule has 116 valence electrons. The number of benzene rings is 1. The van der Waals surface area contributed by atoms with E-state index in [-0.39, 0.29) is 17.1 Å². The Bertz CT molecular complexity index is 791. The quantitative estimate of drug-likeness (QED) is 0.623. The summed E-state index contributed by atoms with van der Waals surface area (Å²) in [5.41, 5.74) is 0.695. The van der Waals surface area contributed by atoms with E-state index in [1.165, 1.54) is 34.9 Å². The van der Waals surface area contributed by atoms with E-state index in [0.717, 1.165) is 0 Å². The highest BCUT2D eigenvalue weighted by Crippen LogP contribution is 2.27. The maximum Gasteiger partial charge on any atom is 0.269 e. The van der Waals surface area contributed by atoms with Gasteiger partial charge in [0.1, 0.15) is 0 Å². The van der Waals surface area contributed by atoms with Crippen LogP contribution < -0.4 is 4.31 Å². The molecular weight excluding hydrogens is 306 g/mol. The molecule has 0 aliphatic carbocycles. The van der Waals surface area contributed by atoms with Crippen LogP contribution in [0.3, 0.4) is 0 Å². The predicted octanol–water partition coefficient (Wildman–Crippen LogP) is 2.51. The van der Waals surface area contributed by atoms with E-state index in [0.29, 0.717) is 11.3 Å². The number of nitro benzene ring substituents is 1. The molecule has 0 bridgehead atoms. The third-order valence-electron chi connectivity index (χ3n) is 3.18. The fourth-order valence-electron chi connectivity index (χ4n) is 2.16. The standard InChI is InChI=1S/C14H15N3O4S/c1-3-16(12-6-8-15-9-7-12)22(20,21)14-5-4-13(17(18)19)10-11(14)2/h4-10H,3H2,1-2H3. The lowest BCUT2D eigenvalue weighted by molar-refractivity contribution is -0.385. The van der Waals surface area contributed by atoms with Crippen molar-refractivity contribution in [3.05, 3.63) is 58.4 Å². The Morgan fingerprint density at radius 1 is 1.23 bits per heavy atom. The molecule has 2 aromatic rings. The number of aryl methyl sites for hydroxylation is 1. The third kappa shape index (κ3) is 2.91. The number of sulfonamides is 1. The Morgan fingerprint density at radius 2 is 1.86 bits per heavy atom. The molecule has 0 radical (unpaired) electrons. The van der Waals surface area contributed by atoms with Crippen LogP contribution in [-0.4, -0.2) is 24.9 Å². The summed E-state index contributed by atoms with van der Waals surface area (Å²) in [6, 6.07) is 6.92. The van der Waals surface area contributed by atoms with Gasteiger partial charge in [-0.3, -0.25) is 19.4 Å². The van der Waals surface area contributed by atoms with E-state index in [2.05, 4.69) is 4.98 Å². The molecule has 0 fully saturated rings. The fourth-order valence-corrected chi connectivity index (χ4v) is 3.84. The van der Waals surface area contributed by atoms with Crippen molar-refractivity contribution in [1.29, 1.82) is 0 Å². The minimum absolute atomic E-state index is 0.0526. The second-order valence-corrected chi connectivity index (χ2v) is 6.41. The molecule has 2 rings (SSSR count). The summed E-state index contributed by atoms with van der Waals surface area (Å²) in [6.45, 7) is 3.50. The predicted molar refractivity (Wildman–Crippen MR) is 82.3 cm³/mol. The van der Waals surface area contributed by atoms with Gasteiger partial charge < -0.3 is 0 Å². The van der Waals surface area contributed by atoms with E-state index in [1.807, 2.05) is 0 Å². The van der Waals surface area contributed by atoms with Gasteiger partial charge in [-0.2, -0.15) is 0 Å².